The van der Waals surface area contributed by atoms with Gasteiger partial charge in [-0.05, 0) is 12.1 Å². The van der Waals surface area contributed by atoms with Gasteiger partial charge in [0.1, 0.15) is 12.4 Å². The van der Waals surface area contributed by atoms with Crippen molar-refractivity contribution in [1.29, 1.82) is 5.26 Å². The molecule has 100 valence electrons. The zero-order valence-corrected chi connectivity index (χ0v) is 9.44. The highest BCUT2D eigenvalue weighted by atomic mass is 19.4. The van der Waals surface area contributed by atoms with E-state index in [4.69, 9.17) is 5.26 Å². The number of alkyl halides is 3. The average molecular weight is 280 g/mol. The first-order valence-corrected chi connectivity index (χ1v) is 5.11. The lowest BCUT2D eigenvalue weighted by Crippen LogP contribution is -2.13. The van der Waals surface area contributed by atoms with Crippen molar-refractivity contribution in [2.24, 2.45) is 0 Å². The van der Waals surface area contributed by atoms with Crippen LogP contribution in [0.25, 0.3) is 11.5 Å². The second-order valence-corrected chi connectivity index (χ2v) is 3.61. The fourth-order valence-corrected chi connectivity index (χ4v) is 1.50. The van der Waals surface area contributed by atoms with E-state index in [-0.39, 0.29) is 17.3 Å². The van der Waals surface area contributed by atoms with Crippen LogP contribution < -0.4 is 0 Å². The van der Waals surface area contributed by atoms with Crippen molar-refractivity contribution in [3.05, 3.63) is 30.1 Å². The molecule has 3 heterocycles. The van der Waals surface area contributed by atoms with Crippen molar-refractivity contribution < 1.29 is 13.2 Å². The van der Waals surface area contributed by atoms with Gasteiger partial charge < -0.3 is 0 Å². The first-order chi connectivity index (χ1) is 9.49. The van der Waals surface area contributed by atoms with E-state index in [0.29, 0.717) is 4.52 Å². The van der Waals surface area contributed by atoms with Gasteiger partial charge in [0, 0.05) is 0 Å². The van der Waals surface area contributed by atoms with Crippen molar-refractivity contribution in [3.63, 3.8) is 0 Å². The Morgan fingerprint density at radius 3 is 2.60 bits per heavy atom. The minimum Gasteiger partial charge on any atom is -0.206 e. The molecule has 0 aliphatic rings. The first kappa shape index (κ1) is 12.0. The Morgan fingerprint density at radius 2 is 1.95 bits per heavy atom. The Balaban J connectivity index is 2.17. The molecule has 0 unspecified atom stereocenters. The third-order valence-corrected chi connectivity index (χ3v) is 2.33. The smallest absolute Gasteiger partial charge is 0.206 e. The molecule has 0 aliphatic heterocycles. The van der Waals surface area contributed by atoms with Gasteiger partial charge in [-0.1, -0.05) is 0 Å². The third-order valence-electron chi connectivity index (χ3n) is 2.33. The van der Waals surface area contributed by atoms with Crippen LogP contribution >= 0.6 is 0 Å². The predicted molar refractivity (Wildman–Crippen MR) is 55.4 cm³/mol. The lowest BCUT2D eigenvalue weighted by molar-refractivity contribution is -0.146. The molecule has 0 aromatic carbocycles. The molecule has 0 N–H and O–H groups in total. The summed E-state index contributed by atoms with van der Waals surface area (Å²) in [5, 5.41) is 22.5. The van der Waals surface area contributed by atoms with Crippen molar-refractivity contribution in [2.45, 2.75) is 6.18 Å². The lowest BCUT2D eigenvalue weighted by Gasteiger charge is -2.04. The fraction of sp³-hybridized carbons (Fsp3) is 0.111. The summed E-state index contributed by atoms with van der Waals surface area (Å²) in [4.78, 5) is 3.64. The van der Waals surface area contributed by atoms with Crippen LogP contribution in [-0.4, -0.2) is 34.6 Å². The second kappa shape index (κ2) is 3.98. The Hall–Kier alpha value is -3.03. The predicted octanol–water partition coefficient (Wildman–Crippen LogP) is 0.595. The molecule has 0 aliphatic carbocycles. The van der Waals surface area contributed by atoms with Crippen LogP contribution in [0.3, 0.4) is 0 Å². The zero-order chi connectivity index (χ0) is 14.3. The standard InChI is InChI=1S/C9H3F3N8/c10-9(11,12)8-16-15-6-1-2-7(18-20(6)8)19-4-14-5(3-13)17-19/h1-2,4H. The summed E-state index contributed by atoms with van der Waals surface area (Å²) < 4.78 is 39.7. The summed E-state index contributed by atoms with van der Waals surface area (Å²) in [6.07, 6.45) is -3.50. The summed E-state index contributed by atoms with van der Waals surface area (Å²) in [5.41, 5.74) is -0.0540. The van der Waals surface area contributed by atoms with Gasteiger partial charge in [0.05, 0.1) is 0 Å². The molecule has 0 atom stereocenters. The number of halogens is 3. The average Bonchev–Trinajstić information content (AvgIpc) is 3.03. The van der Waals surface area contributed by atoms with E-state index in [9.17, 15) is 13.2 Å². The molecule has 3 aromatic rings. The summed E-state index contributed by atoms with van der Waals surface area (Å²) in [5.74, 6) is -1.31. The van der Waals surface area contributed by atoms with Gasteiger partial charge in [-0.15, -0.1) is 20.4 Å². The SMILES string of the molecule is N#Cc1ncn(-c2ccc3nnc(C(F)(F)F)n3n2)n1. The molecular weight excluding hydrogens is 277 g/mol. The van der Waals surface area contributed by atoms with Gasteiger partial charge in [0.15, 0.2) is 11.5 Å². The van der Waals surface area contributed by atoms with Crippen LogP contribution in [0.2, 0.25) is 0 Å². The van der Waals surface area contributed by atoms with E-state index in [1.54, 1.807) is 6.07 Å². The monoisotopic (exact) mass is 280 g/mol. The molecular formula is C9H3F3N8. The molecule has 20 heavy (non-hydrogen) atoms. The minimum absolute atomic E-state index is 0.0526. The van der Waals surface area contributed by atoms with Gasteiger partial charge in [-0.2, -0.15) is 27.6 Å². The summed E-state index contributed by atoms with van der Waals surface area (Å²) in [6, 6.07) is 4.40. The number of fused-ring (bicyclic) bond motifs is 1. The topological polar surface area (TPSA) is 97.6 Å². The van der Waals surface area contributed by atoms with Crippen molar-refractivity contribution in [3.8, 4) is 11.9 Å². The fourth-order valence-electron chi connectivity index (χ4n) is 1.50. The van der Waals surface area contributed by atoms with E-state index in [1.807, 2.05) is 0 Å². The van der Waals surface area contributed by atoms with E-state index >= 15 is 0 Å². The number of nitriles is 1. The second-order valence-electron chi connectivity index (χ2n) is 3.61. The van der Waals surface area contributed by atoms with Gasteiger partial charge in [-0.3, -0.25) is 0 Å². The molecule has 8 nitrogen and oxygen atoms in total. The van der Waals surface area contributed by atoms with Crippen molar-refractivity contribution >= 4 is 5.65 Å². The normalized spacial score (nSPS) is 11.7. The molecule has 0 fully saturated rings. The molecule has 0 saturated carbocycles. The van der Waals surface area contributed by atoms with Crippen LogP contribution in [0.15, 0.2) is 18.5 Å². The highest BCUT2D eigenvalue weighted by Gasteiger charge is 2.37. The van der Waals surface area contributed by atoms with Crippen molar-refractivity contribution in [1.82, 2.24) is 34.6 Å². The highest BCUT2D eigenvalue weighted by molar-refractivity contribution is 5.39. The largest absolute Gasteiger partial charge is 0.453 e. The van der Waals surface area contributed by atoms with Crippen LogP contribution in [0, 0.1) is 11.3 Å². The molecule has 0 amide bonds. The number of hydrogen-bond acceptors (Lipinski definition) is 6. The van der Waals surface area contributed by atoms with Crippen LogP contribution in [0.1, 0.15) is 11.6 Å². The first-order valence-electron chi connectivity index (χ1n) is 5.11. The van der Waals surface area contributed by atoms with E-state index in [2.05, 4.69) is 25.4 Å². The lowest BCUT2D eigenvalue weighted by atomic mass is 10.5. The summed E-state index contributed by atoms with van der Waals surface area (Å²) in [6.45, 7) is 0. The molecule has 0 bridgehead atoms. The Labute approximate surface area is 108 Å². The highest BCUT2D eigenvalue weighted by Crippen LogP contribution is 2.27. The Bertz CT molecular complexity index is 824. The minimum atomic E-state index is -4.68. The number of aromatic nitrogens is 7. The van der Waals surface area contributed by atoms with Crippen LogP contribution in [0.5, 0.6) is 0 Å². The number of rotatable bonds is 1. The van der Waals surface area contributed by atoms with Crippen molar-refractivity contribution in [2.75, 3.05) is 0 Å². The summed E-state index contributed by atoms with van der Waals surface area (Å²) in [7, 11) is 0. The Morgan fingerprint density at radius 1 is 1.15 bits per heavy atom. The van der Waals surface area contributed by atoms with E-state index in [1.165, 1.54) is 18.5 Å². The molecule has 11 heteroatoms. The van der Waals surface area contributed by atoms with Gasteiger partial charge in [-0.25, -0.2) is 4.98 Å². The quantitative estimate of drug-likeness (QED) is 0.647. The molecule has 3 aromatic heterocycles. The molecule has 0 spiro atoms. The van der Waals surface area contributed by atoms with Crippen LogP contribution in [0.4, 0.5) is 13.2 Å². The maximum absolute atomic E-state index is 12.7. The summed E-state index contributed by atoms with van der Waals surface area (Å²) >= 11 is 0. The number of hydrogen-bond donors (Lipinski definition) is 0. The third kappa shape index (κ3) is 1.83. The molecule has 0 radical (unpaired) electrons. The van der Waals surface area contributed by atoms with Gasteiger partial charge >= 0.3 is 6.18 Å². The maximum Gasteiger partial charge on any atom is 0.453 e. The molecule has 3 rings (SSSR count). The van der Waals surface area contributed by atoms with Crippen LogP contribution in [-0.2, 0) is 6.18 Å². The molecule has 0 saturated heterocycles. The van der Waals surface area contributed by atoms with E-state index < -0.39 is 12.0 Å². The van der Waals surface area contributed by atoms with E-state index in [0.717, 1.165) is 4.68 Å². The maximum atomic E-state index is 12.7. The van der Waals surface area contributed by atoms with Gasteiger partial charge in [0.25, 0.3) is 11.6 Å². The Kier molecular flexibility index (Phi) is 2.40. The number of nitrogens with zero attached hydrogens (tertiary/aromatic N) is 8. The van der Waals surface area contributed by atoms with Gasteiger partial charge in [0.2, 0.25) is 0 Å². The zero-order valence-electron chi connectivity index (χ0n) is 9.44.